The highest BCUT2D eigenvalue weighted by molar-refractivity contribution is 5.84. The average Bonchev–Trinajstić information content (AvgIpc) is 2.11. The standard InChI is InChI=1S/C13H20N2/c1-5-6-12(14)15-13-10(3)7-9(2)8-11(13)4/h7-8H,5-6H2,1-4H3,(H2,14,15). The van der Waals surface area contributed by atoms with Gasteiger partial charge in [0.1, 0.15) is 0 Å². The molecule has 82 valence electrons. The molecule has 0 radical (unpaired) electrons. The number of hydrogen-bond acceptors (Lipinski definition) is 1. The van der Waals surface area contributed by atoms with E-state index in [9.17, 15) is 0 Å². The molecule has 0 amide bonds. The van der Waals surface area contributed by atoms with Gasteiger partial charge in [0.05, 0.1) is 11.5 Å². The number of benzene rings is 1. The molecule has 0 unspecified atom stereocenters. The van der Waals surface area contributed by atoms with Crippen molar-refractivity contribution in [1.82, 2.24) is 0 Å². The van der Waals surface area contributed by atoms with Crippen molar-refractivity contribution in [3.63, 3.8) is 0 Å². The first kappa shape index (κ1) is 11.8. The number of aryl methyl sites for hydroxylation is 3. The molecule has 1 aromatic rings. The molecule has 0 aromatic heterocycles. The van der Waals surface area contributed by atoms with Gasteiger partial charge < -0.3 is 5.73 Å². The van der Waals surface area contributed by atoms with E-state index >= 15 is 0 Å². The molecule has 1 aromatic carbocycles. The van der Waals surface area contributed by atoms with Crippen LogP contribution in [0.3, 0.4) is 0 Å². The molecule has 2 N–H and O–H groups in total. The summed E-state index contributed by atoms with van der Waals surface area (Å²) in [5.41, 5.74) is 10.6. The molecule has 0 aliphatic carbocycles. The maximum atomic E-state index is 5.84. The zero-order valence-electron chi connectivity index (χ0n) is 10.1. The molecule has 1 rings (SSSR count). The maximum Gasteiger partial charge on any atom is 0.0996 e. The topological polar surface area (TPSA) is 38.4 Å². The number of nitrogens with zero attached hydrogens (tertiary/aromatic N) is 1. The first-order valence-electron chi connectivity index (χ1n) is 5.45. The number of aliphatic imine (C=N–C) groups is 1. The van der Waals surface area contributed by atoms with E-state index in [1.807, 2.05) is 0 Å². The Kier molecular flexibility index (Phi) is 3.89. The van der Waals surface area contributed by atoms with Crippen LogP contribution in [0, 0.1) is 20.8 Å². The molecule has 0 atom stereocenters. The zero-order chi connectivity index (χ0) is 11.4. The monoisotopic (exact) mass is 204 g/mol. The summed E-state index contributed by atoms with van der Waals surface area (Å²) in [7, 11) is 0. The van der Waals surface area contributed by atoms with Crippen LogP contribution in [0.25, 0.3) is 0 Å². The van der Waals surface area contributed by atoms with E-state index in [0.29, 0.717) is 0 Å². The highest BCUT2D eigenvalue weighted by Crippen LogP contribution is 2.25. The number of nitrogens with two attached hydrogens (primary N) is 1. The van der Waals surface area contributed by atoms with Gasteiger partial charge in [-0.15, -0.1) is 0 Å². The first-order valence-corrected chi connectivity index (χ1v) is 5.45. The predicted octanol–water partition coefficient (Wildman–Crippen LogP) is 3.40. The van der Waals surface area contributed by atoms with E-state index in [1.165, 1.54) is 16.7 Å². The van der Waals surface area contributed by atoms with Crippen molar-refractivity contribution in [2.24, 2.45) is 10.7 Å². The molecule has 2 heteroatoms. The van der Waals surface area contributed by atoms with Gasteiger partial charge >= 0.3 is 0 Å². The van der Waals surface area contributed by atoms with Crippen LogP contribution < -0.4 is 5.73 Å². The van der Waals surface area contributed by atoms with E-state index < -0.39 is 0 Å². The third kappa shape index (κ3) is 3.08. The minimum absolute atomic E-state index is 0.729. The lowest BCUT2D eigenvalue weighted by atomic mass is 10.1. The summed E-state index contributed by atoms with van der Waals surface area (Å²) < 4.78 is 0. The first-order chi connectivity index (χ1) is 7.04. The summed E-state index contributed by atoms with van der Waals surface area (Å²) in [5.74, 6) is 0.729. The molecule has 0 aliphatic rings. The van der Waals surface area contributed by atoms with Crippen LogP contribution >= 0.6 is 0 Å². The number of amidine groups is 1. The Balaban J connectivity index is 3.09. The fourth-order valence-electron chi connectivity index (χ4n) is 1.80. The highest BCUT2D eigenvalue weighted by atomic mass is 14.9. The van der Waals surface area contributed by atoms with Crippen LogP contribution in [-0.2, 0) is 0 Å². The van der Waals surface area contributed by atoms with Gasteiger partial charge in [0, 0.05) is 6.42 Å². The van der Waals surface area contributed by atoms with E-state index in [1.54, 1.807) is 0 Å². The molecule has 0 saturated carbocycles. The van der Waals surface area contributed by atoms with E-state index in [2.05, 4.69) is 44.8 Å². The number of hydrogen-bond donors (Lipinski definition) is 1. The quantitative estimate of drug-likeness (QED) is 0.594. The fraction of sp³-hybridized carbons (Fsp3) is 0.462. The van der Waals surface area contributed by atoms with Crippen LogP contribution in [0.1, 0.15) is 36.5 Å². The molecular formula is C13H20N2. The van der Waals surface area contributed by atoms with Crippen molar-refractivity contribution >= 4 is 11.5 Å². The second-order valence-electron chi connectivity index (χ2n) is 4.10. The maximum absolute atomic E-state index is 5.84. The molecule has 0 aliphatic heterocycles. The van der Waals surface area contributed by atoms with E-state index in [4.69, 9.17) is 5.73 Å². The Morgan fingerprint density at radius 3 is 2.20 bits per heavy atom. The SMILES string of the molecule is CCCC(N)=Nc1c(C)cc(C)cc1C. The van der Waals surface area contributed by atoms with Crippen molar-refractivity contribution < 1.29 is 0 Å². The van der Waals surface area contributed by atoms with Gasteiger partial charge in [0.15, 0.2) is 0 Å². The predicted molar refractivity (Wildman–Crippen MR) is 66.8 cm³/mol. The van der Waals surface area contributed by atoms with Gasteiger partial charge in [-0.25, -0.2) is 4.99 Å². The van der Waals surface area contributed by atoms with Crippen molar-refractivity contribution in [1.29, 1.82) is 0 Å². The summed E-state index contributed by atoms with van der Waals surface area (Å²) in [6, 6.07) is 4.29. The second-order valence-corrected chi connectivity index (χ2v) is 4.10. The average molecular weight is 204 g/mol. The van der Waals surface area contributed by atoms with Crippen LogP contribution in [0.4, 0.5) is 5.69 Å². The van der Waals surface area contributed by atoms with Crippen molar-refractivity contribution in [3.05, 3.63) is 28.8 Å². The zero-order valence-corrected chi connectivity index (χ0v) is 10.1. The Hall–Kier alpha value is -1.31. The van der Waals surface area contributed by atoms with Gasteiger partial charge in [0.25, 0.3) is 0 Å². The fourth-order valence-corrected chi connectivity index (χ4v) is 1.80. The van der Waals surface area contributed by atoms with Gasteiger partial charge in [-0.2, -0.15) is 0 Å². The summed E-state index contributed by atoms with van der Waals surface area (Å²) in [6.07, 6.45) is 1.91. The molecule has 0 bridgehead atoms. The minimum atomic E-state index is 0.729. The molecule has 2 nitrogen and oxygen atoms in total. The van der Waals surface area contributed by atoms with Crippen LogP contribution in [0.2, 0.25) is 0 Å². The van der Waals surface area contributed by atoms with E-state index in [0.717, 1.165) is 24.4 Å². The lowest BCUT2D eigenvalue weighted by Crippen LogP contribution is -2.10. The van der Waals surface area contributed by atoms with Gasteiger partial charge in [-0.3, -0.25) is 0 Å². The Labute approximate surface area is 92.2 Å². The van der Waals surface area contributed by atoms with Crippen LogP contribution in [0.15, 0.2) is 17.1 Å². The van der Waals surface area contributed by atoms with E-state index in [-0.39, 0.29) is 0 Å². The Bertz CT molecular complexity index is 355. The third-order valence-electron chi connectivity index (χ3n) is 2.40. The summed E-state index contributed by atoms with van der Waals surface area (Å²) >= 11 is 0. The lowest BCUT2D eigenvalue weighted by molar-refractivity contribution is 0.982. The molecule has 0 fully saturated rings. The van der Waals surface area contributed by atoms with Crippen molar-refractivity contribution in [2.45, 2.75) is 40.5 Å². The smallest absolute Gasteiger partial charge is 0.0996 e. The normalized spacial score (nSPS) is 11.9. The largest absolute Gasteiger partial charge is 0.387 e. The van der Waals surface area contributed by atoms with Gasteiger partial charge in [0.2, 0.25) is 0 Å². The molecule has 0 spiro atoms. The Morgan fingerprint density at radius 1 is 1.20 bits per heavy atom. The second kappa shape index (κ2) is 4.96. The highest BCUT2D eigenvalue weighted by Gasteiger charge is 2.02. The molecule has 0 saturated heterocycles. The van der Waals surface area contributed by atoms with Crippen LogP contribution in [-0.4, -0.2) is 5.84 Å². The van der Waals surface area contributed by atoms with Crippen LogP contribution in [0.5, 0.6) is 0 Å². The molecule has 15 heavy (non-hydrogen) atoms. The number of rotatable bonds is 3. The Morgan fingerprint density at radius 2 is 1.73 bits per heavy atom. The lowest BCUT2D eigenvalue weighted by Gasteiger charge is -2.07. The summed E-state index contributed by atoms with van der Waals surface area (Å²) in [5, 5.41) is 0. The summed E-state index contributed by atoms with van der Waals surface area (Å²) in [4.78, 5) is 4.48. The molecule has 0 heterocycles. The summed E-state index contributed by atoms with van der Waals surface area (Å²) in [6.45, 7) is 8.37. The van der Waals surface area contributed by atoms with Crippen molar-refractivity contribution in [3.8, 4) is 0 Å². The van der Waals surface area contributed by atoms with Gasteiger partial charge in [-0.1, -0.05) is 24.6 Å². The van der Waals surface area contributed by atoms with Gasteiger partial charge in [-0.05, 0) is 38.3 Å². The minimum Gasteiger partial charge on any atom is -0.387 e. The third-order valence-corrected chi connectivity index (χ3v) is 2.40. The molecular weight excluding hydrogens is 184 g/mol. The van der Waals surface area contributed by atoms with Crippen molar-refractivity contribution in [2.75, 3.05) is 0 Å².